The van der Waals surface area contributed by atoms with E-state index in [0.29, 0.717) is 26.4 Å². The largest absolute Gasteiger partial charge is 0.454 e. The number of ether oxygens (including phenoxy) is 2. The summed E-state index contributed by atoms with van der Waals surface area (Å²) in [6.07, 6.45) is 1.67. The van der Waals surface area contributed by atoms with Gasteiger partial charge in [0, 0.05) is 0 Å². The normalized spacial score (nSPS) is 17.5. The van der Waals surface area contributed by atoms with E-state index < -0.39 is 0 Å². The molecule has 0 aliphatic carbocycles. The van der Waals surface area contributed by atoms with Gasteiger partial charge in [-0.05, 0) is 53.2 Å². The number of carbonyl (C=O) groups is 2. The second-order valence-corrected chi connectivity index (χ2v) is 7.44. The Bertz CT molecular complexity index is 960. The molecule has 0 N–H and O–H groups in total. The molecule has 4 rings (SSSR count). The zero-order valence-corrected chi connectivity index (χ0v) is 15.5. The van der Waals surface area contributed by atoms with Crippen LogP contribution in [0, 0.1) is 0 Å². The standard InChI is InChI=1S/C18H11Cl2NO4S/c19-12-3-1-11(5-13(12)20)8-21-17(22)16(26-18(21)23)7-10-2-4-14-15(6-10)25-9-24-14/h1-7H,8-9H2/b16-7+. The van der Waals surface area contributed by atoms with Crippen LogP contribution < -0.4 is 9.47 Å². The smallest absolute Gasteiger partial charge is 0.293 e. The van der Waals surface area contributed by atoms with Crippen molar-refractivity contribution in [2.45, 2.75) is 6.54 Å². The van der Waals surface area contributed by atoms with Crippen molar-refractivity contribution >= 4 is 52.2 Å². The summed E-state index contributed by atoms with van der Waals surface area (Å²) in [5, 5.41) is 0.479. The predicted octanol–water partition coefficient (Wildman–Crippen LogP) is 4.96. The average Bonchev–Trinajstić information content (AvgIpc) is 3.18. The van der Waals surface area contributed by atoms with E-state index >= 15 is 0 Å². The van der Waals surface area contributed by atoms with Crippen molar-refractivity contribution in [3.05, 3.63) is 62.5 Å². The number of carbonyl (C=O) groups excluding carboxylic acids is 2. The second-order valence-electron chi connectivity index (χ2n) is 5.63. The van der Waals surface area contributed by atoms with Crippen LogP contribution in [0.1, 0.15) is 11.1 Å². The Morgan fingerprint density at radius 1 is 1.04 bits per heavy atom. The van der Waals surface area contributed by atoms with Gasteiger partial charge in [0.15, 0.2) is 11.5 Å². The van der Waals surface area contributed by atoms with Crippen molar-refractivity contribution < 1.29 is 19.1 Å². The number of hydrogen-bond donors (Lipinski definition) is 0. The molecule has 2 aliphatic heterocycles. The fourth-order valence-corrected chi connectivity index (χ4v) is 3.77. The molecule has 0 bridgehead atoms. The molecule has 0 atom stereocenters. The van der Waals surface area contributed by atoms with Crippen LogP contribution >= 0.6 is 35.0 Å². The quantitative estimate of drug-likeness (QED) is 0.672. The number of nitrogens with zero attached hydrogens (tertiary/aromatic N) is 1. The Balaban J connectivity index is 1.55. The molecule has 2 aromatic carbocycles. The highest BCUT2D eigenvalue weighted by atomic mass is 35.5. The molecule has 26 heavy (non-hydrogen) atoms. The number of benzene rings is 2. The molecule has 2 aromatic rings. The van der Waals surface area contributed by atoms with Crippen molar-refractivity contribution in [1.29, 1.82) is 0 Å². The van der Waals surface area contributed by atoms with Gasteiger partial charge in [0.05, 0.1) is 21.5 Å². The number of thioether (sulfide) groups is 1. The topological polar surface area (TPSA) is 55.8 Å². The van der Waals surface area contributed by atoms with Gasteiger partial charge < -0.3 is 9.47 Å². The first-order valence-corrected chi connectivity index (χ1v) is 9.17. The van der Waals surface area contributed by atoms with E-state index in [1.165, 1.54) is 4.90 Å². The minimum Gasteiger partial charge on any atom is -0.454 e. The van der Waals surface area contributed by atoms with E-state index in [2.05, 4.69) is 0 Å². The van der Waals surface area contributed by atoms with Crippen LogP contribution in [-0.2, 0) is 11.3 Å². The minimum absolute atomic E-state index is 0.139. The van der Waals surface area contributed by atoms with Crippen LogP contribution in [0.3, 0.4) is 0 Å². The van der Waals surface area contributed by atoms with Crippen LogP contribution in [0.5, 0.6) is 11.5 Å². The third-order valence-electron chi connectivity index (χ3n) is 3.89. The monoisotopic (exact) mass is 407 g/mol. The summed E-state index contributed by atoms with van der Waals surface area (Å²) < 4.78 is 10.6. The van der Waals surface area contributed by atoms with Gasteiger partial charge in [-0.3, -0.25) is 14.5 Å². The maximum absolute atomic E-state index is 12.6. The molecule has 8 heteroatoms. The summed E-state index contributed by atoms with van der Waals surface area (Å²) in [6.45, 7) is 0.318. The number of amides is 2. The van der Waals surface area contributed by atoms with Crippen LogP contribution in [0.25, 0.3) is 6.08 Å². The Morgan fingerprint density at radius 2 is 1.85 bits per heavy atom. The third kappa shape index (κ3) is 3.28. The van der Waals surface area contributed by atoms with Gasteiger partial charge in [0.25, 0.3) is 11.1 Å². The van der Waals surface area contributed by atoms with Gasteiger partial charge in [-0.15, -0.1) is 0 Å². The van der Waals surface area contributed by atoms with Crippen LogP contribution in [0.2, 0.25) is 10.0 Å². The highest BCUT2D eigenvalue weighted by Crippen LogP contribution is 2.37. The Labute approximate surface area is 163 Å². The molecule has 1 fully saturated rings. The second kappa shape index (κ2) is 6.87. The first kappa shape index (κ1) is 17.3. The SMILES string of the molecule is O=C1S/C(=C/c2ccc3c(c2)OCO3)C(=O)N1Cc1ccc(Cl)c(Cl)c1. The van der Waals surface area contributed by atoms with E-state index in [0.717, 1.165) is 22.9 Å². The zero-order chi connectivity index (χ0) is 18.3. The van der Waals surface area contributed by atoms with Crippen molar-refractivity contribution in [1.82, 2.24) is 4.90 Å². The van der Waals surface area contributed by atoms with Crippen LogP contribution in [-0.4, -0.2) is 22.8 Å². The molecule has 132 valence electrons. The zero-order valence-electron chi connectivity index (χ0n) is 13.2. The molecule has 2 amide bonds. The molecular formula is C18H11Cl2NO4S. The third-order valence-corrected chi connectivity index (χ3v) is 5.54. The minimum atomic E-state index is -0.344. The lowest BCUT2D eigenvalue weighted by molar-refractivity contribution is -0.123. The maximum Gasteiger partial charge on any atom is 0.293 e. The van der Waals surface area contributed by atoms with E-state index in [-0.39, 0.29) is 24.5 Å². The Hall–Kier alpha value is -2.15. The lowest BCUT2D eigenvalue weighted by Gasteiger charge is -2.12. The molecule has 2 aliphatic rings. The lowest BCUT2D eigenvalue weighted by Crippen LogP contribution is -2.27. The maximum atomic E-state index is 12.6. The van der Waals surface area contributed by atoms with Crippen molar-refractivity contribution in [2.24, 2.45) is 0 Å². The van der Waals surface area contributed by atoms with Gasteiger partial charge in [-0.25, -0.2) is 0 Å². The molecule has 2 heterocycles. The molecule has 0 saturated carbocycles. The first-order chi connectivity index (χ1) is 12.5. The molecule has 1 saturated heterocycles. The lowest BCUT2D eigenvalue weighted by atomic mass is 10.2. The Kier molecular flexibility index (Phi) is 4.56. The van der Waals surface area contributed by atoms with Crippen LogP contribution in [0.15, 0.2) is 41.3 Å². The van der Waals surface area contributed by atoms with E-state index in [4.69, 9.17) is 32.7 Å². The van der Waals surface area contributed by atoms with Crippen LogP contribution in [0.4, 0.5) is 4.79 Å². The number of halogens is 2. The molecule has 0 spiro atoms. The van der Waals surface area contributed by atoms with Gasteiger partial charge >= 0.3 is 0 Å². The molecular weight excluding hydrogens is 397 g/mol. The highest BCUT2D eigenvalue weighted by Gasteiger charge is 2.35. The van der Waals surface area contributed by atoms with Gasteiger partial charge in [0.1, 0.15) is 0 Å². The summed E-state index contributed by atoms with van der Waals surface area (Å²) in [7, 11) is 0. The average molecular weight is 408 g/mol. The van der Waals surface area contributed by atoms with Gasteiger partial charge in [-0.2, -0.15) is 0 Å². The fraction of sp³-hybridized carbons (Fsp3) is 0.111. The fourth-order valence-electron chi connectivity index (χ4n) is 2.61. The first-order valence-electron chi connectivity index (χ1n) is 7.60. The van der Waals surface area contributed by atoms with Gasteiger partial charge in [-0.1, -0.05) is 35.3 Å². The summed E-state index contributed by atoms with van der Waals surface area (Å²) in [4.78, 5) is 26.4. The molecule has 0 radical (unpaired) electrons. The number of rotatable bonds is 3. The summed E-state index contributed by atoms with van der Waals surface area (Å²) in [5.74, 6) is 0.937. The summed E-state index contributed by atoms with van der Waals surface area (Å²) in [6, 6.07) is 10.4. The Morgan fingerprint density at radius 3 is 2.65 bits per heavy atom. The number of imide groups is 1. The predicted molar refractivity (Wildman–Crippen MR) is 101 cm³/mol. The number of fused-ring (bicyclic) bond motifs is 1. The molecule has 0 unspecified atom stereocenters. The molecule has 5 nitrogen and oxygen atoms in total. The van der Waals surface area contributed by atoms with Crippen molar-refractivity contribution in [3.8, 4) is 11.5 Å². The van der Waals surface area contributed by atoms with Gasteiger partial charge in [0.2, 0.25) is 6.79 Å². The van der Waals surface area contributed by atoms with E-state index in [1.807, 2.05) is 0 Å². The summed E-state index contributed by atoms with van der Waals surface area (Å²) >= 11 is 12.8. The number of hydrogen-bond acceptors (Lipinski definition) is 5. The van der Waals surface area contributed by atoms with Crippen molar-refractivity contribution in [2.75, 3.05) is 6.79 Å². The molecule has 0 aromatic heterocycles. The highest BCUT2D eigenvalue weighted by molar-refractivity contribution is 8.18. The van der Waals surface area contributed by atoms with E-state index in [9.17, 15) is 9.59 Å². The van der Waals surface area contributed by atoms with E-state index in [1.54, 1.807) is 42.5 Å². The summed E-state index contributed by atoms with van der Waals surface area (Å²) in [5.41, 5.74) is 1.49. The van der Waals surface area contributed by atoms with Crippen molar-refractivity contribution in [3.63, 3.8) is 0 Å².